The van der Waals surface area contributed by atoms with Gasteiger partial charge < -0.3 is 5.11 Å². The molecule has 70 valence electrons. The average Bonchev–Trinajstić information content (AvgIpc) is 1.79. The molecule has 0 radical (unpaired) electrons. The molecule has 0 amide bonds. The van der Waals surface area contributed by atoms with Gasteiger partial charge in [-0.2, -0.15) is 11.8 Å². The summed E-state index contributed by atoms with van der Waals surface area (Å²) >= 11 is 2.12. The Labute approximate surface area is 78.9 Å². The van der Waals surface area contributed by atoms with E-state index in [1.165, 1.54) is 31.4 Å². The van der Waals surface area contributed by atoms with E-state index in [0.29, 0.717) is 6.61 Å². The van der Waals surface area contributed by atoms with Gasteiger partial charge in [0.15, 0.2) is 0 Å². The van der Waals surface area contributed by atoms with Gasteiger partial charge in [0.05, 0.1) is 0 Å². The van der Waals surface area contributed by atoms with Gasteiger partial charge >= 0.3 is 0 Å². The molecule has 2 heteroatoms. The minimum Gasteiger partial charge on any atom is -0.396 e. The molecule has 1 aliphatic heterocycles. The van der Waals surface area contributed by atoms with Crippen LogP contribution in [0.3, 0.4) is 0 Å². The Morgan fingerprint density at radius 3 is 2.42 bits per heavy atom. The number of thioether (sulfide) groups is 1. The van der Waals surface area contributed by atoms with Crippen molar-refractivity contribution in [3.8, 4) is 0 Å². The van der Waals surface area contributed by atoms with E-state index in [1.54, 1.807) is 0 Å². The molecule has 0 spiro atoms. The van der Waals surface area contributed by atoms with Crippen LogP contribution in [0.15, 0.2) is 0 Å². The van der Waals surface area contributed by atoms with Crippen LogP contribution in [0.2, 0.25) is 0 Å². The number of aliphatic hydroxyl groups excluding tert-OH is 1. The van der Waals surface area contributed by atoms with E-state index < -0.39 is 0 Å². The molecule has 2 rings (SSSR count). The quantitative estimate of drug-likeness (QED) is 0.727. The second-order valence-corrected chi connectivity index (χ2v) is 5.41. The highest BCUT2D eigenvalue weighted by atomic mass is 32.2. The molecule has 1 saturated heterocycles. The number of aliphatic hydroxyl groups is 1. The Hall–Kier alpha value is 0.310. The standard InChI is InChI=1S/C10H18OS/c11-6-4-9(8-2-1-3-8)10-5-7-12-10/h8-11H,1-7H2. The summed E-state index contributed by atoms with van der Waals surface area (Å²) in [5, 5.41) is 9.87. The van der Waals surface area contributed by atoms with Crippen LogP contribution in [0.4, 0.5) is 0 Å². The van der Waals surface area contributed by atoms with E-state index in [4.69, 9.17) is 5.11 Å². The summed E-state index contributed by atoms with van der Waals surface area (Å²) in [5.74, 6) is 3.18. The van der Waals surface area contributed by atoms with Gasteiger partial charge in [0, 0.05) is 11.9 Å². The summed E-state index contributed by atoms with van der Waals surface area (Å²) < 4.78 is 0. The van der Waals surface area contributed by atoms with Crippen LogP contribution in [0, 0.1) is 11.8 Å². The topological polar surface area (TPSA) is 20.2 Å². The molecule has 0 aromatic heterocycles. The van der Waals surface area contributed by atoms with Crippen LogP contribution in [-0.4, -0.2) is 22.7 Å². The maximum atomic E-state index is 8.96. The number of rotatable bonds is 4. The first-order valence-electron chi connectivity index (χ1n) is 5.14. The first kappa shape index (κ1) is 8.89. The van der Waals surface area contributed by atoms with Crippen molar-refractivity contribution in [3.05, 3.63) is 0 Å². The van der Waals surface area contributed by atoms with E-state index >= 15 is 0 Å². The highest BCUT2D eigenvalue weighted by Gasteiger charge is 2.35. The highest BCUT2D eigenvalue weighted by Crippen LogP contribution is 2.45. The van der Waals surface area contributed by atoms with Crippen molar-refractivity contribution in [1.29, 1.82) is 0 Å². The van der Waals surface area contributed by atoms with E-state index in [9.17, 15) is 0 Å². The summed E-state index contributed by atoms with van der Waals surface area (Å²) in [5.41, 5.74) is 0. The Kier molecular flexibility index (Phi) is 2.97. The molecule has 2 unspecified atom stereocenters. The lowest BCUT2D eigenvalue weighted by molar-refractivity contribution is 0.153. The minimum absolute atomic E-state index is 0.401. The van der Waals surface area contributed by atoms with E-state index in [0.717, 1.165) is 23.5 Å². The fourth-order valence-corrected chi connectivity index (χ4v) is 3.45. The summed E-state index contributed by atoms with van der Waals surface area (Å²) in [6.07, 6.45) is 6.77. The van der Waals surface area contributed by atoms with Gasteiger partial charge in [-0.15, -0.1) is 0 Å². The third-order valence-electron chi connectivity index (χ3n) is 3.43. The lowest BCUT2D eigenvalue weighted by Crippen LogP contribution is -2.35. The summed E-state index contributed by atoms with van der Waals surface area (Å²) in [4.78, 5) is 0. The van der Waals surface area contributed by atoms with Crippen LogP contribution in [0.25, 0.3) is 0 Å². The smallest absolute Gasteiger partial charge is 0.0434 e. The van der Waals surface area contributed by atoms with Crippen molar-refractivity contribution in [3.63, 3.8) is 0 Å². The van der Waals surface area contributed by atoms with Crippen molar-refractivity contribution < 1.29 is 5.11 Å². The van der Waals surface area contributed by atoms with Crippen LogP contribution in [0.1, 0.15) is 32.1 Å². The van der Waals surface area contributed by atoms with Gasteiger partial charge in [-0.3, -0.25) is 0 Å². The van der Waals surface area contributed by atoms with Crippen molar-refractivity contribution in [2.45, 2.75) is 37.4 Å². The van der Waals surface area contributed by atoms with E-state index in [-0.39, 0.29) is 0 Å². The number of hydrogen-bond donors (Lipinski definition) is 1. The van der Waals surface area contributed by atoms with Crippen LogP contribution >= 0.6 is 11.8 Å². The fourth-order valence-electron chi connectivity index (χ4n) is 2.33. The zero-order chi connectivity index (χ0) is 8.39. The van der Waals surface area contributed by atoms with Crippen LogP contribution < -0.4 is 0 Å². The number of hydrogen-bond acceptors (Lipinski definition) is 2. The average molecular weight is 186 g/mol. The van der Waals surface area contributed by atoms with Crippen LogP contribution in [0.5, 0.6) is 0 Å². The lowest BCUT2D eigenvalue weighted by atomic mass is 9.72. The summed E-state index contributed by atoms with van der Waals surface area (Å²) in [6.45, 7) is 0.401. The highest BCUT2D eigenvalue weighted by molar-refractivity contribution is 8.01. The lowest BCUT2D eigenvalue weighted by Gasteiger charge is -2.42. The SMILES string of the molecule is OCCC(C1CCC1)C1CCS1. The second-order valence-electron chi connectivity index (χ2n) is 4.07. The molecule has 1 saturated carbocycles. The second kappa shape index (κ2) is 4.01. The van der Waals surface area contributed by atoms with Crippen molar-refractivity contribution in [2.75, 3.05) is 12.4 Å². The Morgan fingerprint density at radius 1 is 1.33 bits per heavy atom. The monoisotopic (exact) mass is 186 g/mol. The van der Waals surface area contributed by atoms with Gasteiger partial charge in [0.1, 0.15) is 0 Å². The molecule has 1 heterocycles. The summed E-state index contributed by atoms with van der Waals surface area (Å²) in [7, 11) is 0. The zero-order valence-corrected chi connectivity index (χ0v) is 8.35. The predicted molar refractivity (Wildman–Crippen MR) is 53.4 cm³/mol. The molecule has 1 nitrogen and oxygen atoms in total. The maximum absolute atomic E-state index is 8.96. The molecule has 0 aromatic carbocycles. The Bertz CT molecular complexity index is 127. The molecular formula is C10H18OS. The molecule has 1 N–H and O–H groups in total. The molecule has 0 aromatic rings. The molecule has 12 heavy (non-hydrogen) atoms. The molecule has 0 bridgehead atoms. The zero-order valence-electron chi connectivity index (χ0n) is 7.54. The van der Waals surface area contributed by atoms with E-state index in [1.807, 2.05) is 0 Å². The predicted octanol–water partition coefficient (Wildman–Crippen LogP) is 2.29. The molecule has 2 aliphatic rings. The van der Waals surface area contributed by atoms with Crippen molar-refractivity contribution >= 4 is 11.8 Å². The molecule has 2 atom stereocenters. The van der Waals surface area contributed by atoms with Crippen molar-refractivity contribution in [2.24, 2.45) is 11.8 Å². The van der Waals surface area contributed by atoms with E-state index in [2.05, 4.69) is 11.8 Å². The Morgan fingerprint density at radius 2 is 2.08 bits per heavy atom. The summed E-state index contributed by atoms with van der Waals surface area (Å²) in [6, 6.07) is 0. The first-order valence-corrected chi connectivity index (χ1v) is 6.19. The van der Waals surface area contributed by atoms with Gasteiger partial charge in [0.2, 0.25) is 0 Å². The molecular weight excluding hydrogens is 168 g/mol. The van der Waals surface area contributed by atoms with Crippen molar-refractivity contribution in [1.82, 2.24) is 0 Å². The first-order chi connectivity index (χ1) is 5.92. The maximum Gasteiger partial charge on any atom is 0.0434 e. The third kappa shape index (κ3) is 1.64. The third-order valence-corrected chi connectivity index (χ3v) is 4.91. The van der Waals surface area contributed by atoms with Gasteiger partial charge in [-0.25, -0.2) is 0 Å². The van der Waals surface area contributed by atoms with Gasteiger partial charge in [-0.05, 0) is 30.4 Å². The molecule has 1 aliphatic carbocycles. The fraction of sp³-hybridized carbons (Fsp3) is 1.00. The normalized spacial score (nSPS) is 32.2. The van der Waals surface area contributed by atoms with Gasteiger partial charge in [0.25, 0.3) is 0 Å². The van der Waals surface area contributed by atoms with Gasteiger partial charge in [-0.1, -0.05) is 19.3 Å². The Balaban J connectivity index is 1.82. The molecule has 2 fully saturated rings. The minimum atomic E-state index is 0.401. The largest absolute Gasteiger partial charge is 0.396 e. The van der Waals surface area contributed by atoms with Crippen LogP contribution in [-0.2, 0) is 0 Å².